The Morgan fingerprint density at radius 2 is 2.14 bits per heavy atom. The maximum absolute atomic E-state index is 12.1. The lowest BCUT2D eigenvalue weighted by molar-refractivity contribution is 0.0817. The van der Waals surface area contributed by atoms with Gasteiger partial charge in [-0.15, -0.1) is 0 Å². The second-order valence-corrected chi connectivity index (χ2v) is 4.32. The van der Waals surface area contributed by atoms with E-state index in [2.05, 4.69) is 10.2 Å². The molecule has 1 aliphatic carbocycles. The van der Waals surface area contributed by atoms with Crippen molar-refractivity contribution in [3.05, 3.63) is 11.9 Å². The van der Waals surface area contributed by atoms with Crippen LogP contribution in [0.25, 0.3) is 0 Å². The van der Waals surface area contributed by atoms with Crippen LogP contribution in [0, 0.1) is 5.41 Å². The van der Waals surface area contributed by atoms with Gasteiger partial charge in [-0.1, -0.05) is 19.8 Å². The normalized spacial score (nSPS) is 19.9. The Balaban J connectivity index is 2.23. The Bertz CT molecular complexity index is 350. The van der Waals surface area contributed by atoms with Gasteiger partial charge in [0.05, 0.1) is 6.20 Å². The van der Waals surface area contributed by atoms with Gasteiger partial charge in [0.2, 0.25) is 0 Å². The highest BCUT2D eigenvalue weighted by Crippen LogP contribution is 2.39. The number of rotatable bonds is 2. The van der Waals surface area contributed by atoms with Crippen molar-refractivity contribution in [2.45, 2.75) is 32.6 Å². The van der Waals surface area contributed by atoms with E-state index in [1.54, 1.807) is 13.2 Å². The Morgan fingerprint density at radius 3 is 2.64 bits per heavy atom. The molecule has 0 saturated heterocycles. The molecule has 0 aliphatic heterocycles. The molecule has 0 bridgehead atoms. The van der Waals surface area contributed by atoms with Crippen LogP contribution in [-0.2, 0) is 7.05 Å². The summed E-state index contributed by atoms with van der Waals surface area (Å²) >= 11 is 0. The van der Waals surface area contributed by atoms with Crippen LogP contribution in [0.5, 0.6) is 0 Å². The molecule has 14 heavy (non-hydrogen) atoms. The SMILES string of the molecule is Cn1ncc(C(=O)C2(C)CCCC2)n1. The van der Waals surface area contributed by atoms with Gasteiger partial charge in [0, 0.05) is 12.5 Å². The molecule has 76 valence electrons. The average Bonchev–Trinajstić information content (AvgIpc) is 2.74. The third kappa shape index (κ3) is 1.45. The Morgan fingerprint density at radius 1 is 1.50 bits per heavy atom. The summed E-state index contributed by atoms with van der Waals surface area (Å²) in [5.41, 5.74) is 0.327. The Labute approximate surface area is 83.3 Å². The molecule has 2 rings (SSSR count). The first kappa shape index (κ1) is 9.37. The fraction of sp³-hybridized carbons (Fsp3) is 0.700. The summed E-state index contributed by atoms with van der Waals surface area (Å²) in [5, 5.41) is 7.98. The summed E-state index contributed by atoms with van der Waals surface area (Å²) < 4.78 is 0. The van der Waals surface area contributed by atoms with E-state index in [-0.39, 0.29) is 11.2 Å². The first-order valence-corrected chi connectivity index (χ1v) is 5.03. The number of carbonyl (C=O) groups is 1. The second kappa shape index (κ2) is 3.19. The van der Waals surface area contributed by atoms with E-state index in [4.69, 9.17) is 0 Å². The number of aromatic nitrogens is 3. The molecule has 4 heteroatoms. The van der Waals surface area contributed by atoms with Crippen LogP contribution in [-0.4, -0.2) is 20.8 Å². The van der Waals surface area contributed by atoms with Gasteiger partial charge < -0.3 is 0 Å². The summed E-state index contributed by atoms with van der Waals surface area (Å²) in [6, 6.07) is 0. The molecular weight excluding hydrogens is 178 g/mol. The molecule has 0 atom stereocenters. The first-order chi connectivity index (χ1) is 6.62. The topological polar surface area (TPSA) is 47.8 Å². The average molecular weight is 193 g/mol. The van der Waals surface area contributed by atoms with Gasteiger partial charge in [-0.2, -0.15) is 15.0 Å². The van der Waals surface area contributed by atoms with Crippen LogP contribution in [0.4, 0.5) is 0 Å². The third-order valence-corrected chi connectivity index (χ3v) is 3.09. The van der Waals surface area contributed by atoms with Crippen LogP contribution in [0.15, 0.2) is 6.20 Å². The van der Waals surface area contributed by atoms with Gasteiger partial charge in [-0.25, -0.2) is 0 Å². The molecule has 0 amide bonds. The van der Waals surface area contributed by atoms with Crippen molar-refractivity contribution in [2.75, 3.05) is 0 Å². The van der Waals surface area contributed by atoms with Crippen molar-refractivity contribution in [3.63, 3.8) is 0 Å². The lowest BCUT2D eigenvalue weighted by Crippen LogP contribution is -2.24. The maximum Gasteiger partial charge on any atom is 0.190 e. The van der Waals surface area contributed by atoms with E-state index >= 15 is 0 Å². The lowest BCUT2D eigenvalue weighted by atomic mass is 9.83. The number of nitrogens with zero attached hydrogens (tertiary/aromatic N) is 3. The smallest absolute Gasteiger partial charge is 0.190 e. The molecule has 0 N–H and O–H groups in total. The highest BCUT2D eigenvalue weighted by Gasteiger charge is 2.37. The van der Waals surface area contributed by atoms with Crippen LogP contribution < -0.4 is 0 Å². The van der Waals surface area contributed by atoms with Crippen molar-refractivity contribution in [2.24, 2.45) is 12.5 Å². The molecule has 0 radical (unpaired) electrons. The molecule has 1 fully saturated rings. The fourth-order valence-electron chi connectivity index (χ4n) is 2.14. The number of aryl methyl sites for hydroxylation is 1. The van der Waals surface area contributed by atoms with E-state index in [1.165, 1.54) is 4.80 Å². The largest absolute Gasteiger partial charge is 0.292 e. The molecule has 0 aromatic carbocycles. The van der Waals surface area contributed by atoms with E-state index in [1.807, 2.05) is 6.92 Å². The third-order valence-electron chi connectivity index (χ3n) is 3.09. The van der Waals surface area contributed by atoms with Gasteiger partial charge in [0.1, 0.15) is 5.69 Å². The Kier molecular flexibility index (Phi) is 2.13. The molecule has 0 unspecified atom stereocenters. The predicted molar refractivity (Wildman–Crippen MR) is 51.9 cm³/mol. The van der Waals surface area contributed by atoms with E-state index in [0.29, 0.717) is 5.69 Å². The number of carbonyl (C=O) groups excluding carboxylic acids is 1. The lowest BCUT2D eigenvalue weighted by Gasteiger charge is -2.19. The molecular formula is C10H15N3O. The van der Waals surface area contributed by atoms with Gasteiger partial charge in [0.25, 0.3) is 0 Å². The summed E-state index contributed by atoms with van der Waals surface area (Å²) in [4.78, 5) is 13.5. The van der Waals surface area contributed by atoms with Crippen molar-refractivity contribution in [3.8, 4) is 0 Å². The van der Waals surface area contributed by atoms with E-state index in [0.717, 1.165) is 25.7 Å². The van der Waals surface area contributed by atoms with Gasteiger partial charge in [-0.3, -0.25) is 4.79 Å². The first-order valence-electron chi connectivity index (χ1n) is 5.03. The highest BCUT2D eigenvalue weighted by molar-refractivity contribution is 5.98. The van der Waals surface area contributed by atoms with Crippen molar-refractivity contribution in [1.29, 1.82) is 0 Å². The molecule has 1 aromatic heterocycles. The van der Waals surface area contributed by atoms with Crippen LogP contribution in [0.2, 0.25) is 0 Å². The summed E-state index contributed by atoms with van der Waals surface area (Å²) in [6.07, 6.45) is 5.85. The van der Waals surface area contributed by atoms with Crippen LogP contribution in [0.1, 0.15) is 43.1 Å². The minimum Gasteiger partial charge on any atom is -0.292 e. The molecule has 4 nitrogen and oxygen atoms in total. The monoisotopic (exact) mass is 193 g/mol. The summed E-state index contributed by atoms with van der Waals surface area (Å²) in [7, 11) is 1.73. The molecule has 0 spiro atoms. The van der Waals surface area contributed by atoms with Crippen molar-refractivity contribution >= 4 is 5.78 Å². The van der Waals surface area contributed by atoms with E-state index < -0.39 is 0 Å². The predicted octanol–water partition coefficient (Wildman–Crippen LogP) is 1.58. The zero-order chi connectivity index (χ0) is 10.2. The summed E-state index contributed by atoms with van der Waals surface area (Å²) in [5.74, 6) is 0.156. The van der Waals surface area contributed by atoms with Crippen LogP contribution >= 0.6 is 0 Å². The summed E-state index contributed by atoms with van der Waals surface area (Å²) in [6.45, 7) is 2.04. The number of hydrogen-bond donors (Lipinski definition) is 0. The minimum absolute atomic E-state index is 0.156. The van der Waals surface area contributed by atoms with Gasteiger partial charge in [-0.05, 0) is 12.8 Å². The minimum atomic E-state index is -0.184. The Hall–Kier alpha value is -1.19. The maximum atomic E-state index is 12.1. The van der Waals surface area contributed by atoms with E-state index in [9.17, 15) is 4.79 Å². The molecule has 1 aromatic rings. The zero-order valence-corrected chi connectivity index (χ0v) is 8.66. The van der Waals surface area contributed by atoms with Crippen molar-refractivity contribution in [1.82, 2.24) is 15.0 Å². The number of ketones is 1. The quantitative estimate of drug-likeness (QED) is 0.670. The number of Topliss-reactive ketones (excluding diaryl/α,β-unsaturated/α-hetero) is 1. The van der Waals surface area contributed by atoms with Gasteiger partial charge in [0.15, 0.2) is 5.78 Å². The molecule has 1 heterocycles. The molecule has 1 saturated carbocycles. The van der Waals surface area contributed by atoms with Crippen molar-refractivity contribution < 1.29 is 4.79 Å². The molecule has 1 aliphatic rings. The fourth-order valence-corrected chi connectivity index (χ4v) is 2.14. The standard InChI is InChI=1S/C10H15N3O/c1-10(5-3-4-6-10)9(14)8-7-11-13(2)12-8/h7H,3-6H2,1-2H3. The van der Waals surface area contributed by atoms with Gasteiger partial charge >= 0.3 is 0 Å². The van der Waals surface area contributed by atoms with Crippen LogP contribution in [0.3, 0.4) is 0 Å². The second-order valence-electron chi connectivity index (χ2n) is 4.32. The highest BCUT2D eigenvalue weighted by atomic mass is 16.1. The zero-order valence-electron chi connectivity index (χ0n) is 8.66. The number of hydrogen-bond acceptors (Lipinski definition) is 3.